The Morgan fingerprint density at radius 2 is 1.55 bits per heavy atom. The molecule has 150 valence electrons. The highest BCUT2D eigenvalue weighted by Crippen LogP contribution is 2.27. The first-order valence-electron chi connectivity index (χ1n) is 9.86. The van der Waals surface area contributed by atoms with Crippen molar-refractivity contribution in [2.24, 2.45) is 0 Å². The van der Waals surface area contributed by atoms with Gasteiger partial charge in [-0.2, -0.15) is 0 Å². The van der Waals surface area contributed by atoms with E-state index in [0.29, 0.717) is 6.54 Å². The smallest absolute Gasteiger partial charge is 0.234 e. The minimum atomic E-state index is -0.267. The van der Waals surface area contributed by atoms with Gasteiger partial charge >= 0.3 is 0 Å². The number of likely N-dealkylation sites (N-methyl/N-ethyl adjacent to an activating group) is 1. The molecule has 0 aromatic heterocycles. The second-order valence-electron chi connectivity index (χ2n) is 7.31. The fourth-order valence-corrected chi connectivity index (χ4v) is 3.58. The number of hydrogen-bond acceptors (Lipinski definition) is 2. The van der Waals surface area contributed by atoms with Crippen molar-refractivity contribution in [3.8, 4) is 0 Å². The van der Waals surface area contributed by atoms with Crippen molar-refractivity contribution in [3.05, 3.63) is 107 Å². The molecule has 3 nitrogen and oxygen atoms in total. The van der Waals surface area contributed by atoms with Gasteiger partial charge in [0.2, 0.25) is 5.91 Å². The van der Waals surface area contributed by atoms with E-state index < -0.39 is 0 Å². The van der Waals surface area contributed by atoms with E-state index in [2.05, 4.69) is 24.4 Å². The molecule has 0 saturated heterocycles. The summed E-state index contributed by atoms with van der Waals surface area (Å²) in [6, 6.07) is 24.5. The van der Waals surface area contributed by atoms with Crippen molar-refractivity contribution >= 4 is 5.91 Å². The average molecular weight is 391 g/mol. The summed E-state index contributed by atoms with van der Waals surface area (Å²) in [5.41, 5.74) is 4.50. The van der Waals surface area contributed by atoms with Gasteiger partial charge in [0.25, 0.3) is 0 Å². The molecule has 3 aromatic carbocycles. The molecule has 4 heteroatoms. The average Bonchev–Trinajstić information content (AvgIpc) is 2.72. The van der Waals surface area contributed by atoms with Crippen molar-refractivity contribution in [1.29, 1.82) is 0 Å². The maximum atomic E-state index is 13.4. The summed E-state index contributed by atoms with van der Waals surface area (Å²) in [7, 11) is 1.92. The third kappa shape index (κ3) is 5.75. The van der Waals surface area contributed by atoms with E-state index in [-0.39, 0.29) is 24.3 Å². The van der Waals surface area contributed by atoms with Crippen molar-refractivity contribution in [1.82, 2.24) is 10.2 Å². The van der Waals surface area contributed by atoms with Gasteiger partial charge in [-0.1, -0.05) is 66.7 Å². The summed E-state index contributed by atoms with van der Waals surface area (Å²) in [6.45, 7) is 2.94. The Morgan fingerprint density at radius 1 is 0.931 bits per heavy atom. The van der Waals surface area contributed by atoms with E-state index in [1.54, 1.807) is 12.1 Å². The predicted molar refractivity (Wildman–Crippen MR) is 115 cm³/mol. The van der Waals surface area contributed by atoms with Crippen LogP contribution in [0.1, 0.15) is 28.3 Å². The molecular weight excluding hydrogens is 363 g/mol. The number of benzene rings is 3. The Hall–Kier alpha value is -2.98. The predicted octanol–water partition coefficient (Wildman–Crippen LogP) is 4.51. The SMILES string of the molecule is Cc1ccccc1CCNC(=O)CN(C)C(c1ccccc1)c1ccc(F)cc1. The number of carbonyl (C=O) groups excluding carboxylic acids is 1. The highest BCUT2D eigenvalue weighted by Gasteiger charge is 2.21. The molecule has 0 heterocycles. The van der Waals surface area contributed by atoms with Gasteiger partial charge in [0, 0.05) is 6.54 Å². The number of halogens is 1. The lowest BCUT2D eigenvalue weighted by molar-refractivity contribution is -0.122. The van der Waals surface area contributed by atoms with Gasteiger partial charge in [-0.3, -0.25) is 9.69 Å². The highest BCUT2D eigenvalue weighted by molar-refractivity contribution is 5.78. The van der Waals surface area contributed by atoms with Crippen LogP contribution in [0.25, 0.3) is 0 Å². The monoisotopic (exact) mass is 390 g/mol. The van der Waals surface area contributed by atoms with Gasteiger partial charge in [0.1, 0.15) is 5.82 Å². The number of nitrogens with one attached hydrogen (secondary N) is 1. The molecule has 0 aliphatic rings. The quantitative estimate of drug-likeness (QED) is 0.614. The van der Waals surface area contributed by atoms with Crippen LogP contribution in [-0.2, 0) is 11.2 Å². The van der Waals surface area contributed by atoms with Crippen LogP contribution < -0.4 is 5.32 Å². The van der Waals surface area contributed by atoms with Gasteiger partial charge in [0.05, 0.1) is 12.6 Å². The van der Waals surface area contributed by atoms with Crippen LogP contribution in [0.3, 0.4) is 0 Å². The van der Waals surface area contributed by atoms with E-state index in [1.807, 2.05) is 54.4 Å². The molecule has 0 spiro atoms. The first-order valence-corrected chi connectivity index (χ1v) is 9.86. The summed E-state index contributed by atoms with van der Waals surface area (Å²) >= 11 is 0. The van der Waals surface area contributed by atoms with Crippen LogP contribution in [-0.4, -0.2) is 30.9 Å². The first-order chi connectivity index (χ1) is 14.0. The van der Waals surface area contributed by atoms with Crippen LogP contribution in [0.4, 0.5) is 4.39 Å². The molecule has 3 aromatic rings. The molecular formula is C25H27FN2O. The molecule has 1 atom stereocenters. The van der Waals surface area contributed by atoms with Crippen molar-refractivity contribution in [3.63, 3.8) is 0 Å². The zero-order valence-electron chi connectivity index (χ0n) is 16.9. The van der Waals surface area contributed by atoms with Crippen LogP contribution in [0.2, 0.25) is 0 Å². The summed E-state index contributed by atoms with van der Waals surface area (Å²) in [4.78, 5) is 14.5. The minimum absolute atomic E-state index is 0.0240. The maximum Gasteiger partial charge on any atom is 0.234 e. The van der Waals surface area contributed by atoms with Gasteiger partial charge in [-0.25, -0.2) is 4.39 Å². The molecule has 0 aliphatic heterocycles. The second kappa shape index (κ2) is 9.99. The van der Waals surface area contributed by atoms with Crippen molar-refractivity contribution in [2.75, 3.05) is 20.1 Å². The van der Waals surface area contributed by atoms with Crippen LogP contribution in [0, 0.1) is 12.7 Å². The molecule has 0 bridgehead atoms. The fourth-order valence-electron chi connectivity index (χ4n) is 3.58. The van der Waals surface area contributed by atoms with E-state index in [0.717, 1.165) is 17.5 Å². The molecule has 3 rings (SSSR count). The fraction of sp³-hybridized carbons (Fsp3) is 0.240. The molecule has 29 heavy (non-hydrogen) atoms. The Labute approximate surface area is 172 Å². The lowest BCUT2D eigenvalue weighted by atomic mass is 9.97. The zero-order valence-corrected chi connectivity index (χ0v) is 16.9. The number of carbonyl (C=O) groups is 1. The minimum Gasteiger partial charge on any atom is -0.355 e. The van der Waals surface area contributed by atoms with Gasteiger partial charge in [0.15, 0.2) is 0 Å². The number of rotatable bonds is 8. The Morgan fingerprint density at radius 3 is 2.24 bits per heavy atom. The standard InChI is InChI=1S/C25H27FN2O/c1-19-8-6-7-9-20(19)16-17-27-24(29)18-28(2)25(21-10-4-3-5-11-21)22-12-14-23(26)15-13-22/h3-15,25H,16-18H2,1-2H3,(H,27,29). The molecule has 1 N–H and O–H groups in total. The second-order valence-corrected chi connectivity index (χ2v) is 7.31. The molecule has 0 fully saturated rings. The van der Waals surface area contributed by atoms with Crippen LogP contribution >= 0.6 is 0 Å². The number of aryl methyl sites for hydroxylation is 1. The summed E-state index contributed by atoms with van der Waals surface area (Å²) in [5.74, 6) is -0.290. The van der Waals surface area contributed by atoms with Gasteiger partial charge < -0.3 is 5.32 Å². The summed E-state index contributed by atoms with van der Waals surface area (Å²) in [5, 5.41) is 3.02. The van der Waals surface area contributed by atoms with Crippen molar-refractivity contribution < 1.29 is 9.18 Å². The summed E-state index contributed by atoms with van der Waals surface area (Å²) < 4.78 is 13.4. The van der Waals surface area contributed by atoms with Crippen LogP contribution in [0.5, 0.6) is 0 Å². The van der Waals surface area contributed by atoms with E-state index in [9.17, 15) is 9.18 Å². The molecule has 0 aliphatic carbocycles. The summed E-state index contributed by atoms with van der Waals surface area (Å²) in [6.07, 6.45) is 0.808. The third-order valence-corrected chi connectivity index (χ3v) is 5.11. The van der Waals surface area contributed by atoms with Crippen molar-refractivity contribution in [2.45, 2.75) is 19.4 Å². The van der Waals surface area contributed by atoms with Gasteiger partial charge in [-0.15, -0.1) is 0 Å². The Balaban J connectivity index is 1.65. The normalized spacial score (nSPS) is 12.0. The Kier molecular flexibility index (Phi) is 7.14. The van der Waals surface area contributed by atoms with E-state index >= 15 is 0 Å². The zero-order chi connectivity index (χ0) is 20.6. The molecule has 1 amide bonds. The number of hydrogen-bond donors (Lipinski definition) is 1. The number of nitrogens with zero attached hydrogens (tertiary/aromatic N) is 1. The lowest BCUT2D eigenvalue weighted by Crippen LogP contribution is -2.38. The van der Waals surface area contributed by atoms with Crippen LogP contribution in [0.15, 0.2) is 78.9 Å². The van der Waals surface area contributed by atoms with Gasteiger partial charge in [-0.05, 0) is 54.8 Å². The highest BCUT2D eigenvalue weighted by atomic mass is 19.1. The van der Waals surface area contributed by atoms with E-state index in [1.165, 1.54) is 23.3 Å². The maximum absolute atomic E-state index is 13.4. The lowest BCUT2D eigenvalue weighted by Gasteiger charge is -2.28. The largest absolute Gasteiger partial charge is 0.355 e. The topological polar surface area (TPSA) is 32.3 Å². The van der Waals surface area contributed by atoms with E-state index in [4.69, 9.17) is 0 Å². The number of amides is 1. The first kappa shape index (κ1) is 20.7. The Bertz CT molecular complexity index is 925. The third-order valence-electron chi connectivity index (χ3n) is 5.11. The molecule has 0 radical (unpaired) electrons. The molecule has 0 saturated carbocycles. The molecule has 1 unspecified atom stereocenters.